The van der Waals surface area contributed by atoms with E-state index in [1.165, 1.54) is 0 Å². The molecular formula is C14H18N4. The van der Waals surface area contributed by atoms with E-state index < -0.39 is 0 Å². The first kappa shape index (κ1) is 16.0. The number of rotatable bonds is 9. The summed E-state index contributed by atoms with van der Waals surface area (Å²) < 4.78 is 0. The van der Waals surface area contributed by atoms with Crippen LogP contribution in [-0.2, 0) is 0 Å². The first-order valence-corrected chi connectivity index (χ1v) is 6.31. The van der Waals surface area contributed by atoms with Crippen LogP contribution in [0, 0.1) is 57.2 Å². The van der Waals surface area contributed by atoms with Crippen molar-refractivity contribution in [2.75, 3.05) is 0 Å². The van der Waals surface area contributed by atoms with Crippen molar-refractivity contribution in [2.24, 2.45) is 11.8 Å². The molecule has 0 aliphatic rings. The predicted octanol–water partition coefficient (Wildman–Crippen LogP) is 3.43. The van der Waals surface area contributed by atoms with Crippen LogP contribution in [0.2, 0.25) is 0 Å². The lowest BCUT2D eigenvalue weighted by Crippen LogP contribution is -2.06. The van der Waals surface area contributed by atoms with Gasteiger partial charge in [-0.25, -0.2) is 0 Å². The molecule has 4 nitrogen and oxygen atoms in total. The highest BCUT2D eigenvalue weighted by atomic mass is 14.3. The van der Waals surface area contributed by atoms with Crippen molar-refractivity contribution in [1.29, 1.82) is 21.0 Å². The SMILES string of the molecule is N#CCCCCC(C#N)CC(C#N)CCCC#N. The molecule has 0 aliphatic carbocycles. The molecule has 0 rings (SSSR count). The van der Waals surface area contributed by atoms with Gasteiger partial charge in [0.05, 0.1) is 24.3 Å². The Morgan fingerprint density at radius 1 is 0.667 bits per heavy atom. The number of hydrogen-bond donors (Lipinski definition) is 0. The quantitative estimate of drug-likeness (QED) is 0.578. The molecule has 0 aliphatic heterocycles. The minimum Gasteiger partial charge on any atom is -0.198 e. The lowest BCUT2D eigenvalue weighted by atomic mass is 9.89. The summed E-state index contributed by atoms with van der Waals surface area (Å²) in [5, 5.41) is 34.9. The zero-order valence-corrected chi connectivity index (χ0v) is 10.6. The summed E-state index contributed by atoms with van der Waals surface area (Å²) in [5.41, 5.74) is 0. The Morgan fingerprint density at radius 3 is 1.67 bits per heavy atom. The number of nitrogens with zero attached hydrogens (tertiary/aromatic N) is 4. The number of unbranched alkanes of at least 4 members (excludes halogenated alkanes) is 3. The lowest BCUT2D eigenvalue weighted by molar-refractivity contribution is 0.433. The van der Waals surface area contributed by atoms with Gasteiger partial charge in [-0.05, 0) is 32.1 Å². The zero-order valence-electron chi connectivity index (χ0n) is 10.6. The fourth-order valence-electron chi connectivity index (χ4n) is 1.84. The fourth-order valence-corrected chi connectivity index (χ4v) is 1.84. The van der Waals surface area contributed by atoms with Gasteiger partial charge in [-0.3, -0.25) is 0 Å². The van der Waals surface area contributed by atoms with Gasteiger partial charge in [-0.1, -0.05) is 6.42 Å². The summed E-state index contributed by atoms with van der Waals surface area (Å²) in [7, 11) is 0. The highest BCUT2D eigenvalue weighted by molar-refractivity contribution is 4.92. The van der Waals surface area contributed by atoms with Crippen molar-refractivity contribution in [3.63, 3.8) is 0 Å². The average molecular weight is 242 g/mol. The van der Waals surface area contributed by atoms with Gasteiger partial charge >= 0.3 is 0 Å². The second-order valence-corrected chi connectivity index (χ2v) is 4.34. The van der Waals surface area contributed by atoms with Gasteiger partial charge in [0.15, 0.2) is 0 Å². The van der Waals surface area contributed by atoms with Gasteiger partial charge in [-0.15, -0.1) is 0 Å². The minimum absolute atomic E-state index is 0.101. The molecule has 0 saturated carbocycles. The summed E-state index contributed by atoms with van der Waals surface area (Å²) in [6, 6.07) is 8.59. The van der Waals surface area contributed by atoms with Crippen molar-refractivity contribution < 1.29 is 0 Å². The summed E-state index contributed by atoms with van der Waals surface area (Å²) >= 11 is 0. The van der Waals surface area contributed by atoms with Gasteiger partial charge in [0.25, 0.3) is 0 Å². The minimum atomic E-state index is -0.126. The molecule has 0 amide bonds. The fraction of sp³-hybridized carbons (Fsp3) is 0.714. The largest absolute Gasteiger partial charge is 0.198 e. The van der Waals surface area contributed by atoms with Gasteiger partial charge in [-0.2, -0.15) is 21.0 Å². The van der Waals surface area contributed by atoms with Gasteiger partial charge < -0.3 is 0 Å². The van der Waals surface area contributed by atoms with Crippen LogP contribution in [0.4, 0.5) is 0 Å². The standard InChI is InChI=1S/C14H18N4/c15-8-4-1-2-6-13(11-17)10-14(12-18)7-3-5-9-16/h13-14H,1-7,10H2. The average Bonchev–Trinajstić information content (AvgIpc) is 2.40. The molecule has 0 aromatic heterocycles. The van der Waals surface area contributed by atoms with E-state index in [4.69, 9.17) is 21.0 Å². The van der Waals surface area contributed by atoms with E-state index in [2.05, 4.69) is 24.3 Å². The number of hydrogen-bond acceptors (Lipinski definition) is 4. The van der Waals surface area contributed by atoms with Crippen LogP contribution in [0.5, 0.6) is 0 Å². The van der Waals surface area contributed by atoms with E-state index in [0.29, 0.717) is 25.7 Å². The maximum absolute atomic E-state index is 9.02. The molecule has 94 valence electrons. The Labute approximate surface area is 109 Å². The number of nitriles is 4. The van der Waals surface area contributed by atoms with Crippen molar-refractivity contribution in [1.82, 2.24) is 0 Å². The second-order valence-electron chi connectivity index (χ2n) is 4.34. The zero-order chi connectivity index (χ0) is 13.6. The molecule has 0 bridgehead atoms. The maximum Gasteiger partial charge on any atom is 0.0656 e. The van der Waals surface area contributed by atoms with Crippen LogP contribution in [0.15, 0.2) is 0 Å². The third-order valence-electron chi connectivity index (χ3n) is 2.87. The van der Waals surface area contributed by atoms with Crippen LogP contribution in [0.1, 0.15) is 51.4 Å². The normalized spacial score (nSPS) is 12.4. The predicted molar refractivity (Wildman–Crippen MR) is 66.4 cm³/mol. The molecule has 0 spiro atoms. The monoisotopic (exact) mass is 242 g/mol. The molecule has 18 heavy (non-hydrogen) atoms. The van der Waals surface area contributed by atoms with Crippen LogP contribution >= 0.6 is 0 Å². The molecular weight excluding hydrogens is 224 g/mol. The van der Waals surface area contributed by atoms with Crippen LogP contribution < -0.4 is 0 Å². The highest BCUT2D eigenvalue weighted by Gasteiger charge is 2.15. The molecule has 0 aromatic carbocycles. The van der Waals surface area contributed by atoms with Crippen LogP contribution in [0.25, 0.3) is 0 Å². The molecule has 0 saturated heterocycles. The molecule has 0 radical (unpaired) electrons. The first-order chi connectivity index (χ1) is 8.78. The van der Waals surface area contributed by atoms with Crippen molar-refractivity contribution in [3.8, 4) is 24.3 Å². The molecule has 0 heterocycles. The van der Waals surface area contributed by atoms with Gasteiger partial charge in [0, 0.05) is 24.7 Å². The lowest BCUT2D eigenvalue weighted by Gasteiger charge is -2.12. The highest BCUT2D eigenvalue weighted by Crippen LogP contribution is 2.21. The van der Waals surface area contributed by atoms with E-state index in [1.807, 2.05) is 0 Å². The topological polar surface area (TPSA) is 95.2 Å². The maximum atomic E-state index is 9.02. The smallest absolute Gasteiger partial charge is 0.0656 e. The Balaban J connectivity index is 3.94. The van der Waals surface area contributed by atoms with Crippen molar-refractivity contribution in [3.05, 3.63) is 0 Å². The van der Waals surface area contributed by atoms with E-state index in [-0.39, 0.29) is 11.8 Å². The summed E-state index contributed by atoms with van der Waals surface area (Å²) in [5.74, 6) is -0.227. The third-order valence-corrected chi connectivity index (χ3v) is 2.87. The Kier molecular flexibility index (Phi) is 10.1. The van der Waals surface area contributed by atoms with Crippen LogP contribution in [0.3, 0.4) is 0 Å². The molecule has 0 aromatic rings. The summed E-state index contributed by atoms with van der Waals surface area (Å²) in [6.07, 6.45) is 5.45. The molecule has 0 N–H and O–H groups in total. The third kappa shape index (κ3) is 8.15. The molecule has 2 unspecified atom stereocenters. The molecule has 0 fully saturated rings. The summed E-state index contributed by atoms with van der Waals surface area (Å²) in [4.78, 5) is 0. The van der Waals surface area contributed by atoms with Gasteiger partial charge in [0.2, 0.25) is 0 Å². The summed E-state index contributed by atoms with van der Waals surface area (Å²) in [6.45, 7) is 0. The second kappa shape index (κ2) is 11.4. The Bertz CT molecular complexity index is 375. The van der Waals surface area contributed by atoms with E-state index >= 15 is 0 Å². The van der Waals surface area contributed by atoms with E-state index in [9.17, 15) is 0 Å². The van der Waals surface area contributed by atoms with Crippen LogP contribution in [-0.4, -0.2) is 0 Å². The Hall–Kier alpha value is -2.04. The van der Waals surface area contributed by atoms with Crippen molar-refractivity contribution in [2.45, 2.75) is 51.4 Å². The van der Waals surface area contributed by atoms with E-state index in [1.54, 1.807) is 0 Å². The van der Waals surface area contributed by atoms with Crippen molar-refractivity contribution >= 4 is 0 Å². The van der Waals surface area contributed by atoms with Gasteiger partial charge in [0.1, 0.15) is 0 Å². The van der Waals surface area contributed by atoms with E-state index in [0.717, 1.165) is 25.7 Å². The first-order valence-electron chi connectivity index (χ1n) is 6.31. The Morgan fingerprint density at radius 2 is 1.17 bits per heavy atom. The molecule has 4 heteroatoms. The molecule has 2 atom stereocenters.